The molecule has 1 amide bonds. The third-order valence-electron chi connectivity index (χ3n) is 4.69. The number of rotatable bonds is 9. The van der Waals surface area contributed by atoms with Gasteiger partial charge < -0.3 is 15.3 Å². The molecular formula is C24H26N2O2. The number of nitrogens with one attached hydrogen (secondary N) is 1. The molecular weight excluding hydrogens is 348 g/mol. The number of amides is 1. The molecule has 144 valence electrons. The zero-order valence-electron chi connectivity index (χ0n) is 15.9. The molecule has 3 aromatic rings. The van der Waals surface area contributed by atoms with Gasteiger partial charge in [-0.1, -0.05) is 60.7 Å². The number of para-hydroxylation sites is 1. The largest absolute Gasteiger partial charge is 0.376 e. The van der Waals surface area contributed by atoms with Crippen molar-refractivity contribution < 1.29 is 9.90 Å². The minimum Gasteiger partial charge on any atom is -0.376 e. The highest BCUT2D eigenvalue weighted by molar-refractivity contribution is 5.94. The van der Waals surface area contributed by atoms with Crippen LogP contribution in [0.15, 0.2) is 84.9 Å². The van der Waals surface area contributed by atoms with Crippen molar-refractivity contribution >= 4 is 11.6 Å². The smallest absolute Gasteiger partial charge is 0.253 e. The van der Waals surface area contributed by atoms with Crippen LogP contribution in [0.3, 0.4) is 0 Å². The topological polar surface area (TPSA) is 52.6 Å². The van der Waals surface area contributed by atoms with E-state index >= 15 is 0 Å². The lowest BCUT2D eigenvalue weighted by Gasteiger charge is -2.25. The second-order valence-corrected chi connectivity index (χ2v) is 6.71. The first-order valence-electron chi connectivity index (χ1n) is 9.58. The first-order chi connectivity index (χ1) is 13.8. The molecule has 0 heterocycles. The lowest BCUT2D eigenvalue weighted by atomic mass is 10.1. The molecule has 0 radical (unpaired) electrons. The van der Waals surface area contributed by atoms with Crippen LogP contribution in [0.5, 0.6) is 0 Å². The van der Waals surface area contributed by atoms with Gasteiger partial charge in [-0.05, 0) is 48.2 Å². The second kappa shape index (κ2) is 10.3. The standard InChI is InChI=1S/C24H26N2O2/c27-19-25-24(28)22-15-13-20(14-16-22)10-7-17-26(23-11-5-2-6-12-23)18-21-8-3-1-4-9-21/h1-6,8-9,11-16,27H,7,10,17-19H2,(H,25,28). The van der Waals surface area contributed by atoms with Crippen molar-refractivity contribution in [2.24, 2.45) is 0 Å². The van der Waals surface area contributed by atoms with Crippen LogP contribution in [0.2, 0.25) is 0 Å². The van der Waals surface area contributed by atoms with E-state index in [2.05, 4.69) is 58.7 Å². The van der Waals surface area contributed by atoms with Gasteiger partial charge in [0.05, 0.1) is 0 Å². The van der Waals surface area contributed by atoms with E-state index in [1.165, 1.54) is 16.8 Å². The molecule has 0 aliphatic rings. The molecule has 4 nitrogen and oxygen atoms in total. The summed E-state index contributed by atoms with van der Waals surface area (Å²) in [6.45, 7) is 1.48. The van der Waals surface area contributed by atoms with Crippen molar-refractivity contribution in [1.29, 1.82) is 0 Å². The molecule has 0 saturated heterocycles. The fourth-order valence-electron chi connectivity index (χ4n) is 3.21. The van der Waals surface area contributed by atoms with Crippen LogP contribution < -0.4 is 10.2 Å². The van der Waals surface area contributed by atoms with Crippen LogP contribution in [0.1, 0.15) is 27.9 Å². The van der Waals surface area contributed by atoms with E-state index in [0.717, 1.165) is 25.9 Å². The number of carbonyl (C=O) groups is 1. The number of carbonyl (C=O) groups excluding carboxylic acids is 1. The quantitative estimate of drug-likeness (QED) is 0.557. The molecule has 0 aromatic heterocycles. The third-order valence-corrected chi connectivity index (χ3v) is 4.69. The van der Waals surface area contributed by atoms with Crippen LogP contribution in [0, 0.1) is 0 Å². The molecule has 0 fully saturated rings. The fraction of sp³-hybridized carbons (Fsp3) is 0.208. The number of hydrogen-bond donors (Lipinski definition) is 2. The molecule has 3 rings (SSSR count). The number of aliphatic hydroxyl groups excluding tert-OH is 1. The summed E-state index contributed by atoms with van der Waals surface area (Å²) in [5, 5.41) is 11.2. The van der Waals surface area contributed by atoms with Gasteiger partial charge in [0.25, 0.3) is 5.91 Å². The van der Waals surface area contributed by atoms with E-state index in [4.69, 9.17) is 5.11 Å². The van der Waals surface area contributed by atoms with Crippen molar-refractivity contribution in [2.45, 2.75) is 19.4 Å². The summed E-state index contributed by atoms with van der Waals surface area (Å²) in [4.78, 5) is 14.1. The maximum Gasteiger partial charge on any atom is 0.253 e. The van der Waals surface area contributed by atoms with Crippen LogP contribution >= 0.6 is 0 Å². The Morgan fingerprint density at radius 3 is 2.11 bits per heavy atom. The molecule has 0 aliphatic carbocycles. The minimum absolute atomic E-state index is 0.257. The van der Waals surface area contributed by atoms with Crippen molar-refractivity contribution in [2.75, 3.05) is 18.2 Å². The number of nitrogens with zero attached hydrogens (tertiary/aromatic N) is 1. The first kappa shape index (κ1) is 19.6. The Labute approximate surface area is 166 Å². The Balaban J connectivity index is 1.60. The summed E-state index contributed by atoms with van der Waals surface area (Å²) in [5.74, 6) is -0.257. The first-order valence-corrected chi connectivity index (χ1v) is 9.58. The molecule has 3 aromatic carbocycles. The number of aliphatic hydroxyl groups is 1. The molecule has 0 aliphatic heterocycles. The van der Waals surface area contributed by atoms with E-state index in [1.54, 1.807) is 12.1 Å². The van der Waals surface area contributed by atoms with Crippen molar-refractivity contribution in [1.82, 2.24) is 5.32 Å². The fourth-order valence-corrected chi connectivity index (χ4v) is 3.21. The van der Waals surface area contributed by atoms with Crippen LogP contribution in [0.4, 0.5) is 5.69 Å². The number of hydrogen-bond acceptors (Lipinski definition) is 3. The van der Waals surface area contributed by atoms with Gasteiger partial charge in [-0.15, -0.1) is 0 Å². The Kier molecular flexibility index (Phi) is 7.21. The Morgan fingerprint density at radius 2 is 1.46 bits per heavy atom. The average Bonchev–Trinajstić information content (AvgIpc) is 2.75. The highest BCUT2D eigenvalue weighted by atomic mass is 16.3. The Bertz CT molecular complexity index is 849. The molecule has 28 heavy (non-hydrogen) atoms. The van der Waals surface area contributed by atoms with Crippen LogP contribution in [-0.2, 0) is 13.0 Å². The minimum atomic E-state index is -0.350. The highest BCUT2D eigenvalue weighted by Crippen LogP contribution is 2.18. The molecule has 4 heteroatoms. The van der Waals surface area contributed by atoms with Crippen LogP contribution in [0.25, 0.3) is 0 Å². The summed E-state index contributed by atoms with van der Waals surface area (Å²) in [5.41, 5.74) is 4.29. The summed E-state index contributed by atoms with van der Waals surface area (Å²) in [7, 11) is 0. The predicted molar refractivity (Wildman–Crippen MR) is 113 cm³/mol. The molecule has 2 N–H and O–H groups in total. The van der Waals surface area contributed by atoms with Gasteiger partial charge in [0.1, 0.15) is 6.73 Å². The number of aryl methyl sites for hydroxylation is 1. The van der Waals surface area contributed by atoms with Gasteiger partial charge in [-0.3, -0.25) is 4.79 Å². The van der Waals surface area contributed by atoms with Gasteiger partial charge >= 0.3 is 0 Å². The lowest BCUT2D eigenvalue weighted by molar-refractivity contribution is 0.0910. The summed E-state index contributed by atoms with van der Waals surface area (Å²) < 4.78 is 0. The number of anilines is 1. The molecule has 0 spiro atoms. The zero-order valence-corrected chi connectivity index (χ0v) is 15.9. The van der Waals surface area contributed by atoms with Crippen LogP contribution in [-0.4, -0.2) is 24.3 Å². The van der Waals surface area contributed by atoms with Gasteiger partial charge in [0, 0.05) is 24.3 Å². The summed E-state index contributed by atoms with van der Waals surface area (Å²) in [6.07, 6.45) is 1.96. The maximum atomic E-state index is 11.7. The van der Waals surface area contributed by atoms with Crippen molar-refractivity contribution in [3.8, 4) is 0 Å². The molecule has 0 bridgehead atoms. The maximum absolute atomic E-state index is 11.7. The Morgan fingerprint density at radius 1 is 0.821 bits per heavy atom. The highest BCUT2D eigenvalue weighted by Gasteiger charge is 2.08. The molecule has 0 atom stereocenters. The summed E-state index contributed by atoms with van der Waals surface area (Å²) in [6, 6.07) is 28.6. The normalized spacial score (nSPS) is 10.5. The van der Waals surface area contributed by atoms with Crippen molar-refractivity contribution in [3.63, 3.8) is 0 Å². The lowest BCUT2D eigenvalue weighted by Crippen LogP contribution is -2.24. The van der Waals surface area contributed by atoms with Gasteiger partial charge in [-0.25, -0.2) is 0 Å². The third kappa shape index (κ3) is 5.69. The van der Waals surface area contributed by atoms with Gasteiger partial charge in [-0.2, -0.15) is 0 Å². The Hall–Kier alpha value is -3.11. The second-order valence-electron chi connectivity index (χ2n) is 6.71. The monoisotopic (exact) mass is 374 g/mol. The number of benzene rings is 3. The molecule has 0 saturated carbocycles. The SMILES string of the molecule is O=C(NCO)c1ccc(CCCN(Cc2ccccc2)c2ccccc2)cc1. The average molecular weight is 374 g/mol. The zero-order chi connectivity index (χ0) is 19.6. The van der Waals surface area contributed by atoms with E-state index in [1.807, 2.05) is 24.3 Å². The van der Waals surface area contributed by atoms with E-state index in [-0.39, 0.29) is 12.6 Å². The summed E-state index contributed by atoms with van der Waals surface area (Å²) >= 11 is 0. The van der Waals surface area contributed by atoms with Gasteiger partial charge in [0.15, 0.2) is 0 Å². The van der Waals surface area contributed by atoms with E-state index in [0.29, 0.717) is 5.56 Å². The van der Waals surface area contributed by atoms with Crippen molar-refractivity contribution in [3.05, 3.63) is 102 Å². The van der Waals surface area contributed by atoms with Gasteiger partial charge in [0.2, 0.25) is 0 Å². The predicted octanol–water partition coefficient (Wildman–Crippen LogP) is 4.01. The van der Waals surface area contributed by atoms with E-state index < -0.39 is 0 Å². The van der Waals surface area contributed by atoms with E-state index in [9.17, 15) is 4.79 Å². The molecule has 0 unspecified atom stereocenters.